The lowest BCUT2D eigenvalue weighted by Crippen LogP contribution is -2.33. The zero-order chi connectivity index (χ0) is 20.1. The summed E-state index contributed by atoms with van der Waals surface area (Å²) in [4.78, 5) is 12.5. The molecule has 1 unspecified atom stereocenters. The van der Waals surface area contributed by atoms with E-state index in [-0.39, 0.29) is 11.7 Å². The molecular weight excluding hydrogens is 371 g/mol. The van der Waals surface area contributed by atoms with Crippen molar-refractivity contribution in [2.75, 3.05) is 5.32 Å². The number of nitrogens with one attached hydrogen (secondary N) is 2. The van der Waals surface area contributed by atoms with Gasteiger partial charge in [-0.1, -0.05) is 48.5 Å². The first-order chi connectivity index (χ1) is 14.2. The minimum Gasteiger partial charge on any atom is -0.418 e. The average molecular weight is 388 g/mol. The number of benzene rings is 3. The number of hydrogen-bond acceptors (Lipinski definition) is 4. The molecule has 4 aromatic rings. The molecule has 1 atom stereocenters. The summed E-state index contributed by atoms with van der Waals surface area (Å²) >= 11 is 0. The molecule has 1 heterocycles. The van der Waals surface area contributed by atoms with Crippen LogP contribution in [0.4, 0.5) is 14.9 Å². The van der Waals surface area contributed by atoms with Crippen LogP contribution >= 0.6 is 0 Å². The Morgan fingerprint density at radius 1 is 0.862 bits per heavy atom. The number of carbonyl (C=O) groups excluding carboxylic acids is 1. The largest absolute Gasteiger partial charge is 0.418 e. The summed E-state index contributed by atoms with van der Waals surface area (Å²) in [5.41, 5.74) is 2.03. The Morgan fingerprint density at radius 2 is 1.52 bits per heavy atom. The topological polar surface area (TPSA) is 80.0 Å². The first-order valence-corrected chi connectivity index (χ1v) is 8.96. The lowest BCUT2D eigenvalue weighted by Gasteiger charge is -2.16. The predicted octanol–water partition coefficient (Wildman–Crippen LogP) is 4.79. The van der Waals surface area contributed by atoms with Crippen molar-refractivity contribution in [2.45, 2.75) is 6.04 Å². The van der Waals surface area contributed by atoms with Gasteiger partial charge in [0, 0.05) is 11.3 Å². The summed E-state index contributed by atoms with van der Waals surface area (Å²) in [5, 5.41) is 13.7. The van der Waals surface area contributed by atoms with Gasteiger partial charge in [-0.05, 0) is 42.0 Å². The normalized spacial score (nSPS) is 11.6. The van der Waals surface area contributed by atoms with E-state index in [0.29, 0.717) is 11.6 Å². The number of urea groups is 1. The Kier molecular flexibility index (Phi) is 5.29. The fourth-order valence-corrected chi connectivity index (χ4v) is 2.81. The van der Waals surface area contributed by atoms with Gasteiger partial charge in [-0.15, -0.1) is 10.2 Å². The number of amides is 2. The van der Waals surface area contributed by atoms with Gasteiger partial charge < -0.3 is 15.1 Å². The van der Waals surface area contributed by atoms with Gasteiger partial charge in [0.05, 0.1) is 0 Å². The molecule has 0 spiro atoms. The summed E-state index contributed by atoms with van der Waals surface area (Å²) in [6.45, 7) is 0. The second kappa shape index (κ2) is 8.35. The van der Waals surface area contributed by atoms with E-state index < -0.39 is 12.1 Å². The van der Waals surface area contributed by atoms with Crippen molar-refractivity contribution in [2.24, 2.45) is 0 Å². The molecule has 7 heteroatoms. The maximum Gasteiger partial charge on any atom is 0.320 e. The highest BCUT2D eigenvalue weighted by molar-refractivity contribution is 5.89. The second-order valence-corrected chi connectivity index (χ2v) is 6.26. The van der Waals surface area contributed by atoms with E-state index in [2.05, 4.69) is 20.8 Å². The lowest BCUT2D eigenvalue weighted by molar-refractivity contribution is 0.248. The SMILES string of the molecule is O=C(Nc1ccc(F)cc1)NC(c1ccccc1)c1nnc(-c2ccccc2)o1. The van der Waals surface area contributed by atoms with Gasteiger partial charge in [0.25, 0.3) is 0 Å². The van der Waals surface area contributed by atoms with E-state index in [1.165, 1.54) is 24.3 Å². The van der Waals surface area contributed by atoms with Crippen molar-refractivity contribution >= 4 is 11.7 Å². The Balaban J connectivity index is 1.58. The van der Waals surface area contributed by atoms with E-state index >= 15 is 0 Å². The molecule has 2 N–H and O–H groups in total. The number of carbonyl (C=O) groups is 1. The van der Waals surface area contributed by atoms with E-state index in [4.69, 9.17) is 4.42 Å². The summed E-state index contributed by atoms with van der Waals surface area (Å²) in [6.07, 6.45) is 0. The lowest BCUT2D eigenvalue weighted by atomic mass is 10.1. The van der Waals surface area contributed by atoms with Gasteiger partial charge in [-0.25, -0.2) is 9.18 Å². The first-order valence-electron chi connectivity index (χ1n) is 8.96. The van der Waals surface area contributed by atoms with Crippen molar-refractivity contribution in [3.63, 3.8) is 0 Å². The highest BCUT2D eigenvalue weighted by atomic mass is 19.1. The van der Waals surface area contributed by atoms with Crippen LogP contribution < -0.4 is 10.6 Å². The average Bonchev–Trinajstić information content (AvgIpc) is 3.25. The molecule has 0 bridgehead atoms. The Morgan fingerprint density at radius 3 is 2.21 bits per heavy atom. The Labute approximate surface area is 166 Å². The van der Waals surface area contributed by atoms with Crippen LogP contribution in [0.25, 0.3) is 11.5 Å². The van der Waals surface area contributed by atoms with Crippen LogP contribution in [0.1, 0.15) is 17.5 Å². The van der Waals surface area contributed by atoms with E-state index in [1.807, 2.05) is 60.7 Å². The predicted molar refractivity (Wildman–Crippen MR) is 107 cm³/mol. The molecule has 0 radical (unpaired) electrons. The van der Waals surface area contributed by atoms with Crippen LogP contribution in [0.3, 0.4) is 0 Å². The fourth-order valence-electron chi connectivity index (χ4n) is 2.81. The van der Waals surface area contributed by atoms with Gasteiger partial charge in [-0.3, -0.25) is 0 Å². The van der Waals surface area contributed by atoms with E-state index in [0.717, 1.165) is 11.1 Å². The highest BCUT2D eigenvalue weighted by Crippen LogP contribution is 2.25. The molecule has 0 fully saturated rings. The summed E-state index contributed by atoms with van der Waals surface area (Å²) < 4.78 is 18.9. The minimum absolute atomic E-state index is 0.254. The molecule has 0 saturated carbocycles. The third-order valence-corrected chi connectivity index (χ3v) is 4.22. The number of hydrogen-bond donors (Lipinski definition) is 2. The van der Waals surface area contributed by atoms with Gasteiger partial charge in [0.15, 0.2) is 0 Å². The van der Waals surface area contributed by atoms with Crippen molar-refractivity contribution in [1.29, 1.82) is 0 Å². The van der Waals surface area contributed by atoms with Gasteiger partial charge in [-0.2, -0.15) is 0 Å². The number of anilines is 1. The van der Waals surface area contributed by atoms with Gasteiger partial charge in [0.1, 0.15) is 11.9 Å². The van der Waals surface area contributed by atoms with Crippen molar-refractivity contribution in [3.8, 4) is 11.5 Å². The Bertz CT molecular complexity index is 1080. The van der Waals surface area contributed by atoms with E-state index in [9.17, 15) is 9.18 Å². The molecule has 3 aromatic carbocycles. The maximum absolute atomic E-state index is 13.1. The number of halogens is 1. The number of aromatic nitrogens is 2. The van der Waals surface area contributed by atoms with Gasteiger partial charge >= 0.3 is 6.03 Å². The molecule has 29 heavy (non-hydrogen) atoms. The smallest absolute Gasteiger partial charge is 0.320 e. The molecule has 2 amide bonds. The maximum atomic E-state index is 13.1. The highest BCUT2D eigenvalue weighted by Gasteiger charge is 2.23. The molecule has 0 aliphatic carbocycles. The van der Waals surface area contributed by atoms with Crippen LogP contribution in [0, 0.1) is 5.82 Å². The van der Waals surface area contributed by atoms with Crippen molar-refractivity contribution < 1.29 is 13.6 Å². The van der Waals surface area contributed by atoms with Gasteiger partial charge in [0.2, 0.25) is 11.8 Å². The zero-order valence-electron chi connectivity index (χ0n) is 15.2. The van der Waals surface area contributed by atoms with E-state index in [1.54, 1.807) is 0 Å². The molecule has 0 saturated heterocycles. The third kappa shape index (κ3) is 4.47. The van der Waals surface area contributed by atoms with Crippen LogP contribution in [-0.4, -0.2) is 16.2 Å². The van der Waals surface area contributed by atoms with Crippen molar-refractivity contribution in [1.82, 2.24) is 15.5 Å². The molecule has 0 aliphatic heterocycles. The molecule has 1 aromatic heterocycles. The summed E-state index contributed by atoms with van der Waals surface area (Å²) in [7, 11) is 0. The monoisotopic (exact) mass is 388 g/mol. The minimum atomic E-state index is -0.651. The first kappa shape index (κ1) is 18.4. The summed E-state index contributed by atoms with van der Waals surface area (Å²) in [6, 6.07) is 23.1. The molecule has 6 nitrogen and oxygen atoms in total. The van der Waals surface area contributed by atoms with Crippen LogP contribution in [0.2, 0.25) is 0 Å². The fraction of sp³-hybridized carbons (Fsp3) is 0.0455. The van der Waals surface area contributed by atoms with Crippen LogP contribution in [0.5, 0.6) is 0 Å². The van der Waals surface area contributed by atoms with Crippen LogP contribution in [0.15, 0.2) is 89.3 Å². The molecule has 144 valence electrons. The zero-order valence-corrected chi connectivity index (χ0v) is 15.2. The molecular formula is C22H17FN4O2. The number of nitrogens with zero attached hydrogens (tertiary/aromatic N) is 2. The standard InChI is InChI=1S/C22H17FN4O2/c23-17-11-13-18(14-12-17)24-22(28)25-19(15-7-3-1-4-8-15)21-27-26-20(29-21)16-9-5-2-6-10-16/h1-14,19H,(H2,24,25,28). The molecule has 0 aliphatic rings. The van der Waals surface area contributed by atoms with Crippen molar-refractivity contribution in [3.05, 3.63) is 102 Å². The number of rotatable bonds is 5. The summed E-state index contributed by atoms with van der Waals surface area (Å²) in [5.74, 6) is 0.240. The van der Waals surface area contributed by atoms with Crippen LogP contribution in [-0.2, 0) is 0 Å². The second-order valence-electron chi connectivity index (χ2n) is 6.26. The Hall–Kier alpha value is -4.00. The third-order valence-electron chi connectivity index (χ3n) is 4.22. The molecule has 4 rings (SSSR count). The quantitative estimate of drug-likeness (QED) is 0.515.